The van der Waals surface area contributed by atoms with Crippen LogP contribution in [0.2, 0.25) is 0 Å². The van der Waals surface area contributed by atoms with E-state index in [0.717, 1.165) is 25.4 Å². The number of hydrogen-bond acceptors (Lipinski definition) is 2. The van der Waals surface area contributed by atoms with Crippen molar-refractivity contribution in [2.45, 2.75) is 20.0 Å². The van der Waals surface area contributed by atoms with E-state index < -0.39 is 0 Å². The zero-order chi connectivity index (χ0) is 10.3. The molecule has 3 heteroatoms. The SMILES string of the molecule is CCOc1ccc2[nH]cc3c2c1CNC3. The fourth-order valence-electron chi connectivity index (χ4n) is 2.28. The van der Waals surface area contributed by atoms with Crippen molar-refractivity contribution in [1.29, 1.82) is 0 Å². The Morgan fingerprint density at radius 2 is 2.27 bits per heavy atom. The van der Waals surface area contributed by atoms with E-state index in [4.69, 9.17) is 4.74 Å². The lowest BCUT2D eigenvalue weighted by atomic mass is 10.0. The van der Waals surface area contributed by atoms with Crippen LogP contribution in [0, 0.1) is 0 Å². The third-order valence-corrected chi connectivity index (χ3v) is 2.91. The van der Waals surface area contributed by atoms with Crippen LogP contribution in [0.3, 0.4) is 0 Å². The van der Waals surface area contributed by atoms with Gasteiger partial charge in [0.2, 0.25) is 0 Å². The first-order chi connectivity index (χ1) is 7.40. The van der Waals surface area contributed by atoms with E-state index in [-0.39, 0.29) is 0 Å². The Morgan fingerprint density at radius 1 is 1.33 bits per heavy atom. The van der Waals surface area contributed by atoms with E-state index in [9.17, 15) is 0 Å². The van der Waals surface area contributed by atoms with Gasteiger partial charge in [0.05, 0.1) is 6.61 Å². The molecule has 0 aliphatic carbocycles. The highest BCUT2D eigenvalue weighted by Gasteiger charge is 2.17. The van der Waals surface area contributed by atoms with Crippen LogP contribution in [0.1, 0.15) is 18.1 Å². The molecule has 2 heterocycles. The Morgan fingerprint density at radius 3 is 3.13 bits per heavy atom. The summed E-state index contributed by atoms with van der Waals surface area (Å²) in [7, 11) is 0. The maximum atomic E-state index is 5.64. The van der Waals surface area contributed by atoms with E-state index in [0.29, 0.717) is 0 Å². The van der Waals surface area contributed by atoms with E-state index in [1.54, 1.807) is 0 Å². The second kappa shape index (κ2) is 3.28. The molecule has 0 unspecified atom stereocenters. The van der Waals surface area contributed by atoms with Crippen molar-refractivity contribution in [2.24, 2.45) is 0 Å². The van der Waals surface area contributed by atoms with Gasteiger partial charge in [-0.2, -0.15) is 0 Å². The third kappa shape index (κ3) is 1.23. The van der Waals surface area contributed by atoms with Crippen LogP contribution >= 0.6 is 0 Å². The van der Waals surface area contributed by atoms with E-state index in [2.05, 4.69) is 28.6 Å². The number of hydrogen-bond donors (Lipinski definition) is 2. The standard InChI is InChI=1S/C12H14N2O/c1-2-15-11-4-3-10-12-8(6-14-10)5-13-7-9(11)12/h3-4,6,13-14H,2,5,7H2,1H3. The normalized spacial score (nSPS) is 14.5. The molecule has 0 atom stereocenters. The first kappa shape index (κ1) is 8.80. The second-order valence-electron chi connectivity index (χ2n) is 3.82. The molecule has 1 aromatic carbocycles. The highest BCUT2D eigenvalue weighted by Crippen LogP contribution is 2.32. The van der Waals surface area contributed by atoms with Crippen molar-refractivity contribution in [1.82, 2.24) is 10.3 Å². The summed E-state index contributed by atoms with van der Waals surface area (Å²) in [6.07, 6.45) is 2.08. The van der Waals surface area contributed by atoms with Crippen molar-refractivity contribution < 1.29 is 4.74 Å². The van der Waals surface area contributed by atoms with E-state index in [1.807, 2.05) is 6.92 Å². The molecule has 2 N–H and O–H groups in total. The van der Waals surface area contributed by atoms with E-state index >= 15 is 0 Å². The first-order valence-electron chi connectivity index (χ1n) is 5.35. The predicted molar refractivity (Wildman–Crippen MR) is 60.0 cm³/mol. The number of aromatic amines is 1. The maximum Gasteiger partial charge on any atom is 0.124 e. The van der Waals surface area contributed by atoms with Crippen LogP contribution in [0.15, 0.2) is 18.3 Å². The van der Waals surface area contributed by atoms with Gasteiger partial charge in [0, 0.05) is 35.8 Å². The summed E-state index contributed by atoms with van der Waals surface area (Å²) in [6, 6.07) is 4.15. The number of ether oxygens (including phenoxy) is 1. The number of H-pyrrole nitrogens is 1. The fourth-order valence-corrected chi connectivity index (χ4v) is 2.28. The second-order valence-corrected chi connectivity index (χ2v) is 3.82. The predicted octanol–water partition coefficient (Wildman–Crippen LogP) is 2.17. The fraction of sp³-hybridized carbons (Fsp3) is 0.333. The molecule has 3 rings (SSSR count). The lowest BCUT2D eigenvalue weighted by molar-refractivity contribution is 0.335. The van der Waals surface area contributed by atoms with Gasteiger partial charge in [0.1, 0.15) is 5.75 Å². The molecule has 78 valence electrons. The van der Waals surface area contributed by atoms with Crippen LogP contribution in [0.25, 0.3) is 10.9 Å². The Bertz CT molecular complexity index is 502. The molecule has 3 nitrogen and oxygen atoms in total. The maximum absolute atomic E-state index is 5.64. The van der Waals surface area contributed by atoms with Crippen LogP contribution < -0.4 is 10.1 Å². The number of rotatable bonds is 2. The minimum absolute atomic E-state index is 0.720. The number of benzene rings is 1. The van der Waals surface area contributed by atoms with Crippen molar-refractivity contribution in [2.75, 3.05) is 6.61 Å². The molecule has 0 bridgehead atoms. The summed E-state index contributed by atoms with van der Waals surface area (Å²) in [5, 5.41) is 4.73. The minimum atomic E-state index is 0.720. The van der Waals surface area contributed by atoms with Gasteiger partial charge in [-0.15, -0.1) is 0 Å². The van der Waals surface area contributed by atoms with Crippen molar-refractivity contribution >= 4 is 10.9 Å². The lowest BCUT2D eigenvalue weighted by Gasteiger charge is -2.17. The van der Waals surface area contributed by atoms with Crippen LogP contribution in [-0.4, -0.2) is 11.6 Å². The first-order valence-corrected chi connectivity index (χ1v) is 5.35. The van der Waals surface area contributed by atoms with Gasteiger partial charge in [0.15, 0.2) is 0 Å². The molecule has 1 aromatic heterocycles. The summed E-state index contributed by atoms with van der Waals surface area (Å²) in [5.74, 6) is 1.01. The third-order valence-electron chi connectivity index (χ3n) is 2.91. The van der Waals surface area contributed by atoms with Gasteiger partial charge in [0.25, 0.3) is 0 Å². The van der Waals surface area contributed by atoms with Gasteiger partial charge in [-0.3, -0.25) is 0 Å². The molecule has 1 aliphatic heterocycles. The molecular weight excluding hydrogens is 188 g/mol. The molecule has 0 spiro atoms. The van der Waals surface area contributed by atoms with Gasteiger partial charge < -0.3 is 15.0 Å². The average molecular weight is 202 g/mol. The average Bonchev–Trinajstić information content (AvgIpc) is 2.68. The van der Waals surface area contributed by atoms with Crippen molar-refractivity contribution in [3.63, 3.8) is 0 Å². The molecule has 2 aromatic rings. The molecule has 15 heavy (non-hydrogen) atoms. The molecule has 0 amide bonds. The molecule has 0 saturated carbocycles. The summed E-state index contributed by atoms with van der Waals surface area (Å²) < 4.78 is 5.64. The lowest BCUT2D eigenvalue weighted by Crippen LogP contribution is -2.18. The zero-order valence-electron chi connectivity index (χ0n) is 8.76. The quantitative estimate of drug-likeness (QED) is 0.783. The van der Waals surface area contributed by atoms with E-state index in [1.165, 1.54) is 22.0 Å². The molecule has 1 aliphatic rings. The minimum Gasteiger partial charge on any atom is -0.494 e. The Hall–Kier alpha value is -1.48. The Balaban J connectivity index is 2.27. The largest absolute Gasteiger partial charge is 0.494 e. The van der Waals surface area contributed by atoms with Crippen molar-refractivity contribution in [3.05, 3.63) is 29.5 Å². The monoisotopic (exact) mass is 202 g/mol. The Labute approximate surface area is 88.4 Å². The van der Waals surface area contributed by atoms with Gasteiger partial charge in [-0.25, -0.2) is 0 Å². The van der Waals surface area contributed by atoms with Gasteiger partial charge >= 0.3 is 0 Å². The zero-order valence-corrected chi connectivity index (χ0v) is 8.76. The molecule has 0 fully saturated rings. The molecular formula is C12H14N2O. The van der Waals surface area contributed by atoms with Crippen LogP contribution in [-0.2, 0) is 13.1 Å². The smallest absolute Gasteiger partial charge is 0.124 e. The van der Waals surface area contributed by atoms with Gasteiger partial charge in [-0.05, 0) is 24.6 Å². The highest BCUT2D eigenvalue weighted by atomic mass is 16.5. The summed E-state index contributed by atoms with van der Waals surface area (Å²) in [5.41, 5.74) is 3.84. The topological polar surface area (TPSA) is 37.0 Å². The summed E-state index contributed by atoms with van der Waals surface area (Å²) in [6.45, 7) is 4.59. The highest BCUT2D eigenvalue weighted by molar-refractivity contribution is 5.89. The summed E-state index contributed by atoms with van der Waals surface area (Å²) in [4.78, 5) is 3.29. The van der Waals surface area contributed by atoms with Gasteiger partial charge in [-0.1, -0.05) is 0 Å². The number of nitrogens with one attached hydrogen (secondary N) is 2. The van der Waals surface area contributed by atoms with Crippen molar-refractivity contribution in [3.8, 4) is 5.75 Å². The number of aromatic nitrogens is 1. The van der Waals surface area contributed by atoms with Crippen LogP contribution in [0.5, 0.6) is 5.75 Å². The Kier molecular flexibility index (Phi) is 1.92. The summed E-state index contributed by atoms with van der Waals surface area (Å²) >= 11 is 0. The molecule has 0 radical (unpaired) electrons. The molecule has 0 saturated heterocycles. The van der Waals surface area contributed by atoms with Crippen LogP contribution in [0.4, 0.5) is 0 Å².